The number of benzene rings is 1. The van der Waals surface area contributed by atoms with Crippen molar-refractivity contribution < 1.29 is 9.90 Å². The van der Waals surface area contributed by atoms with Crippen LogP contribution in [0.2, 0.25) is 0 Å². The van der Waals surface area contributed by atoms with Crippen LogP contribution in [0.15, 0.2) is 18.2 Å². The SMILES string of the molecule is Nc1ccc(NC2CCCC2)c(C(=O)O)c1. The molecule has 4 nitrogen and oxygen atoms in total. The normalized spacial score (nSPS) is 16.2. The Morgan fingerprint density at radius 3 is 2.69 bits per heavy atom. The Hall–Kier alpha value is -1.71. The zero-order chi connectivity index (χ0) is 11.5. The number of nitrogen functional groups attached to an aromatic ring is 1. The first-order chi connectivity index (χ1) is 7.66. The number of hydrogen-bond donors (Lipinski definition) is 3. The molecule has 0 unspecified atom stereocenters. The highest BCUT2D eigenvalue weighted by Crippen LogP contribution is 2.25. The summed E-state index contributed by atoms with van der Waals surface area (Å²) in [6, 6.07) is 5.38. The summed E-state index contributed by atoms with van der Waals surface area (Å²) in [7, 11) is 0. The maximum atomic E-state index is 11.1. The quantitative estimate of drug-likeness (QED) is 0.683. The number of carboxylic acids is 1. The molecule has 0 amide bonds. The first-order valence-corrected chi connectivity index (χ1v) is 5.56. The van der Waals surface area contributed by atoms with Crippen LogP contribution in [0.4, 0.5) is 11.4 Å². The van der Waals surface area contributed by atoms with Gasteiger partial charge in [-0.05, 0) is 31.0 Å². The average Bonchev–Trinajstić information content (AvgIpc) is 2.73. The van der Waals surface area contributed by atoms with Crippen LogP contribution in [-0.2, 0) is 0 Å². The van der Waals surface area contributed by atoms with Gasteiger partial charge in [0.15, 0.2) is 0 Å². The molecular formula is C12H16N2O2. The van der Waals surface area contributed by atoms with E-state index < -0.39 is 5.97 Å². The molecule has 1 aliphatic carbocycles. The van der Waals surface area contributed by atoms with Crippen LogP contribution in [0.1, 0.15) is 36.0 Å². The Labute approximate surface area is 94.5 Å². The molecule has 0 aliphatic heterocycles. The summed E-state index contributed by atoms with van der Waals surface area (Å²) < 4.78 is 0. The van der Waals surface area contributed by atoms with Crippen molar-refractivity contribution in [2.45, 2.75) is 31.7 Å². The molecule has 1 aromatic rings. The smallest absolute Gasteiger partial charge is 0.337 e. The van der Waals surface area contributed by atoms with E-state index >= 15 is 0 Å². The number of carbonyl (C=O) groups is 1. The third-order valence-electron chi connectivity index (χ3n) is 2.99. The summed E-state index contributed by atoms with van der Waals surface area (Å²) in [6.07, 6.45) is 4.66. The van der Waals surface area contributed by atoms with E-state index in [1.54, 1.807) is 12.1 Å². The van der Waals surface area contributed by atoms with E-state index in [-0.39, 0.29) is 5.56 Å². The molecule has 0 aromatic heterocycles. The Bertz CT molecular complexity index is 398. The number of anilines is 2. The van der Waals surface area contributed by atoms with Crippen LogP contribution in [0, 0.1) is 0 Å². The van der Waals surface area contributed by atoms with Crippen LogP contribution >= 0.6 is 0 Å². The van der Waals surface area contributed by atoms with Gasteiger partial charge < -0.3 is 16.2 Å². The second-order valence-corrected chi connectivity index (χ2v) is 4.24. The van der Waals surface area contributed by atoms with Gasteiger partial charge in [0.05, 0.1) is 5.56 Å². The summed E-state index contributed by atoms with van der Waals surface area (Å²) >= 11 is 0. The fraction of sp³-hybridized carbons (Fsp3) is 0.417. The lowest BCUT2D eigenvalue weighted by molar-refractivity contribution is 0.0698. The monoisotopic (exact) mass is 220 g/mol. The fourth-order valence-corrected chi connectivity index (χ4v) is 2.15. The van der Waals surface area contributed by atoms with Crippen molar-refractivity contribution in [1.82, 2.24) is 0 Å². The van der Waals surface area contributed by atoms with Gasteiger partial charge in [-0.3, -0.25) is 0 Å². The molecule has 0 atom stereocenters. The summed E-state index contributed by atoms with van der Waals surface area (Å²) in [5.74, 6) is -0.937. The molecule has 0 spiro atoms. The number of nitrogens with two attached hydrogens (primary N) is 1. The van der Waals surface area contributed by atoms with Crippen molar-refractivity contribution in [3.05, 3.63) is 23.8 Å². The average molecular weight is 220 g/mol. The third kappa shape index (κ3) is 2.27. The Balaban J connectivity index is 2.21. The van der Waals surface area contributed by atoms with Gasteiger partial charge in [0.25, 0.3) is 0 Å². The zero-order valence-electron chi connectivity index (χ0n) is 9.07. The van der Waals surface area contributed by atoms with Crippen LogP contribution < -0.4 is 11.1 Å². The van der Waals surface area contributed by atoms with E-state index in [0.29, 0.717) is 17.4 Å². The maximum absolute atomic E-state index is 11.1. The molecule has 1 saturated carbocycles. The van der Waals surface area contributed by atoms with Crippen LogP contribution in [0.25, 0.3) is 0 Å². The second-order valence-electron chi connectivity index (χ2n) is 4.24. The molecule has 0 heterocycles. The van der Waals surface area contributed by atoms with Crippen LogP contribution in [0.5, 0.6) is 0 Å². The van der Waals surface area contributed by atoms with Crippen molar-refractivity contribution in [2.24, 2.45) is 0 Å². The highest BCUT2D eigenvalue weighted by molar-refractivity contribution is 5.95. The van der Waals surface area contributed by atoms with Crippen molar-refractivity contribution in [3.63, 3.8) is 0 Å². The lowest BCUT2D eigenvalue weighted by atomic mass is 10.1. The van der Waals surface area contributed by atoms with Gasteiger partial charge in [0.2, 0.25) is 0 Å². The minimum atomic E-state index is -0.937. The molecule has 1 fully saturated rings. The number of nitrogens with one attached hydrogen (secondary N) is 1. The molecule has 16 heavy (non-hydrogen) atoms. The molecule has 0 bridgehead atoms. The van der Waals surface area contributed by atoms with Crippen LogP contribution in [0.3, 0.4) is 0 Å². The number of rotatable bonds is 3. The molecule has 0 saturated heterocycles. The first kappa shape index (κ1) is 10.8. The number of carboxylic acid groups (broad SMARTS) is 1. The van der Waals surface area contributed by atoms with Gasteiger partial charge in [-0.25, -0.2) is 4.79 Å². The van der Waals surface area contributed by atoms with Crippen molar-refractivity contribution in [2.75, 3.05) is 11.1 Å². The Morgan fingerprint density at radius 1 is 1.38 bits per heavy atom. The molecule has 86 valence electrons. The molecule has 1 aromatic carbocycles. The largest absolute Gasteiger partial charge is 0.478 e. The van der Waals surface area contributed by atoms with Gasteiger partial charge in [-0.15, -0.1) is 0 Å². The van der Waals surface area contributed by atoms with Crippen molar-refractivity contribution in [3.8, 4) is 0 Å². The minimum absolute atomic E-state index is 0.256. The molecule has 1 aliphatic rings. The first-order valence-electron chi connectivity index (χ1n) is 5.56. The highest BCUT2D eigenvalue weighted by atomic mass is 16.4. The van der Waals surface area contributed by atoms with Crippen molar-refractivity contribution >= 4 is 17.3 Å². The van der Waals surface area contributed by atoms with Gasteiger partial charge in [-0.1, -0.05) is 12.8 Å². The van der Waals surface area contributed by atoms with Crippen molar-refractivity contribution in [1.29, 1.82) is 0 Å². The Morgan fingerprint density at radius 2 is 2.06 bits per heavy atom. The molecular weight excluding hydrogens is 204 g/mol. The molecule has 0 radical (unpaired) electrons. The summed E-state index contributed by atoms with van der Waals surface area (Å²) in [5.41, 5.74) is 6.99. The van der Waals surface area contributed by atoms with Gasteiger partial charge in [0, 0.05) is 17.4 Å². The summed E-state index contributed by atoms with van der Waals surface area (Å²) in [4.78, 5) is 11.1. The summed E-state index contributed by atoms with van der Waals surface area (Å²) in [5, 5.41) is 12.4. The van der Waals surface area contributed by atoms with E-state index in [1.807, 2.05) is 0 Å². The Kier molecular flexibility index (Phi) is 2.99. The van der Waals surface area contributed by atoms with Gasteiger partial charge in [-0.2, -0.15) is 0 Å². The number of aromatic carboxylic acids is 1. The minimum Gasteiger partial charge on any atom is -0.478 e. The fourth-order valence-electron chi connectivity index (χ4n) is 2.15. The highest BCUT2D eigenvalue weighted by Gasteiger charge is 2.17. The second kappa shape index (κ2) is 4.43. The predicted molar refractivity (Wildman–Crippen MR) is 63.7 cm³/mol. The lowest BCUT2D eigenvalue weighted by Crippen LogP contribution is -2.17. The van der Waals surface area contributed by atoms with Crippen LogP contribution in [-0.4, -0.2) is 17.1 Å². The predicted octanol–water partition coefficient (Wildman–Crippen LogP) is 2.32. The number of hydrogen-bond acceptors (Lipinski definition) is 3. The summed E-state index contributed by atoms with van der Waals surface area (Å²) in [6.45, 7) is 0. The van der Waals surface area contributed by atoms with E-state index in [9.17, 15) is 4.79 Å². The maximum Gasteiger partial charge on any atom is 0.337 e. The van der Waals surface area contributed by atoms with Gasteiger partial charge >= 0.3 is 5.97 Å². The van der Waals surface area contributed by atoms with Gasteiger partial charge in [0.1, 0.15) is 0 Å². The van der Waals surface area contributed by atoms with E-state index in [2.05, 4.69) is 5.32 Å². The zero-order valence-corrected chi connectivity index (χ0v) is 9.07. The van der Waals surface area contributed by atoms with E-state index in [1.165, 1.54) is 18.9 Å². The third-order valence-corrected chi connectivity index (χ3v) is 2.99. The van der Waals surface area contributed by atoms with E-state index in [4.69, 9.17) is 10.8 Å². The lowest BCUT2D eigenvalue weighted by Gasteiger charge is -2.15. The topological polar surface area (TPSA) is 75.3 Å². The standard InChI is InChI=1S/C12H16N2O2/c13-8-5-6-11(10(7-8)12(15)16)14-9-3-1-2-4-9/h5-7,9,14H,1-4,13H2,(H,15,16). The molecule has 2 rings (SSSR count). The molecule has 4 N–H and O–H groups in total. The van der Waals surface area contributed by atoms with E-state index in [0.717, 1.165) is 12.8 Å². The molecule has 4 heteroatoms.